The minimum absolute atomic E-state index is 0.181. The van der Waals surface area contributed by atoms with Crippen LogP contribution in [0.5, 0.6) is 0 Å². The van der Waals surface area contributed by atoms with Crippen LogP contribution in [0.2, 0.25) is 0 Å². The van der Waals surface area contributed by atoms with E-state index in [1.807, 2.05) is 0 Å². The largest absolute Gasteiger partial charge is 0.421 e. The van der Waals surface area contributed by atoms with E-state index >= 15 is 0 Å². The molecule has 22 heavy (non-hydrogen) atoms. The Bertz CT molecular complexity index is 538. The lowest BCUT2D eigenvalue weighted by Crippen LogP contribution is -2.42. The number of carbonyl (C=O) groups excluding carboxylic acids is 1. The first-order valence-corrected chi connectivity index (χ1v) is 7.48. The summed E-state index contributed by atoms with van der Waals surface area (Å²) in [5.74, 6) is -0.277. The SMILES string of the molecule is CCCC(O)(c1cccc(C(=O)N2CCCC2)c1)C(F)(F)F. The van der Waals surface area contributed by atoms with Crippen LogP contribution in [0.15, 0.2) is 24.3 Å². The Morgan fingerprint density at radius 1 is 1.27 bits per heavy atom. The fourth-order valence-corrected chi connectivity index (χ4v) is 2.82. The van der Waals surface area contributed by atoms with Crippen LogP contribution in [0.25, 0.3) is 0 Å². The fourth-order valence-electron chi connectivity index (χ4n) is 2.82. The summed E-state index contributed by atoms with van der Waals surface area (Å²) in [5, 5.41) is 10.1. The molecule has 1 aromatic rings. The molecule has 122 valence electrons. The van der Waals surface area contributed by atoms with Crippen LogP contribution in [0.1, 0.15) is 48.5 Å². The van der Waals surface area contributed by atoms with Crippen LogP contribution in [0, 0.1) is 0 Å². The van der Waals surface area contributed by atoms with E-state index in [1.54, 1.807) is 11.8 Å². The van der Waals surface area contributed by atoms with Crippen LogP contribution >= 0.6 is 0 Å². The first kappa shape index (κ1) is 16.8. The van der Waals surface area contributed by atoms with Gasteiger partial charge in [0.25, 0.3) is 5.91 Å². The first-order valence-electron chi connectivity index (χ1n) is 7.48. The number of hydrogen-bond donors (Lipinski definition) is 1. The summed E-state index contributed by atoms with van der Waals surface area (Å²) in [6, 6.07) is 5.28. The Morgan fingerprint density at radius 3 is 2.45 bits per heavy atom. The topological polar surface area (TPSA) is 40.5 Å². The summed E-state index contributed by atoms with van der Waals surface area (Å²) in [7, 11) is 0. The minimum atomic E-state index is -4.78. The molecular weight excluding hydrogens is 295 g/mol. The van der Waals surface area contributed by atoms with Gasteiger partial charge in [0.2, 0.25) is 0 Å². The van der Waals surface area contributed by atoms with Gasteiger partial charge in [0.15, 0.2) is 5.60 Å². The molecule has 6 heteroatoms. The maximum atomic E-state index is 13.3. The molecule has 1 amide bonds. The third-order valence-corrected chi connectivity index (χ3v) is 4.06. The number of benzene rings is 1. The van der Waals surface area contributed by atoms with Crippen LogP contribution in [0.3, 0.4) is 0 Å². The molecule has 1 saturated heterocycles. The molecule has 2 rings (SSSR count). The van der Waals surface area contributed by atoms with E-state index in [4.69, 9.17) is 0 Å². The van der Waals surface area contributed by atoms with E-state index in [0.29, 0.717) is 13.1 Å². The van der Waals surface area contributed by atoms with Gasteiger partial charge in [-0.3, -0.25) is 4.79 Å². The number of likely N-dealkylation sites (tertiary alicyclic amines) is 1. The predicted molar refractivity (Wildman–Crippen MR) is 76.4 cm³/mol. The van der Waals surface area contributed by atoms with Gasteiger partial charge in [0.1, 0.15) is 0 Å². The summed E-state index contributed by atoms with van der Waals surface area (Å²) < 4.78 is 39.8. The normalized spacial score (nSPS) is 18.3. The van der Waals surface area contributed by atoms with E-state index in [9.17, 15) is 23.1 Å². The Labute approximate surface area is 127 Å². The number of rotatable bonds is 4. The van der Waals surface area contributed by atoms with Crippen molar-refractivity contribution in [3.63, 3.8) is 0 Å². The molecule has 1 atom stereocenters. The lowest BCUT2D eigenvalue weighted by Gasteiger charge is -2.31. The van der Waals surface area contributed by atoms with E-state index in [0.717, 1.165) is 12.8 Å². The lowest BCUT2D eigenvalue weighted by molar-refractivity contribution is -0.269. The van der Waals surface area contributed by atoms with Gasteiger partial charge in [-0.05, 0) is 37.0 Å². The van der Waals surface area contributed by atoms with Crippen molar-refractivity contribution in [2.75, 3.05) is 13.1 Å². The lowest BCUT2D eigenvalue weighted by atomic mass is 9.87. The quantitative estimate of drug-likeness (QED) is 0.924. The number of hydrogen-bond acceptors (Lipinski definition) is 2. The highest BCUT2D eigenvalue weighted by molar-refractivity contribution is 5.94. The summed E-state index contributed by atoms with van der Waals surface area (Å²) in [6.07, 6.45) is -3.21. The Balaban J connectivity index is 2.35. The van der Waals surface area contributed by atoms with Crippen LogP contribution < -0.4 is 0 Å². The molecular formula is C16H20F3NO2. The average Bonchev–Trinajstić information content (AvgIpc) is 3.00. The number of aliphatic hydroxyl groups is 1. The molecule has 1 heterocycles. The van der Waals surface area contributed by atoms with Crippen molar-refractivity contribution in [1.29, 1.82) is 0 Å². The van der Waals surface area contributed by atoms with E-state index in [-0.39, 0.29) is 23.5 Å². The number of carbonyl (C=O) groups is 1. The third kappa shape index (κ3) is 3.11. The van der Waals surface area contributed by atoms with Crippen molar-refractivity contribution in [3.05, 3.63) is 35.4 Å². The van der Waals surface area contributed by atoms with Crippen molar-refractivity contribution in [1.82, 2.24) is 4.90 Å². The van der Waals surface area contributed by atoms with Crippen LogP contribution in [-0.2, 0) is 5.60 Å². The molecule has 1 aliphatic rings. The standard InChI is InChI=1S/C16H20F3NO2/c1-2-8-15(22,16(17,18)19)13-7-5-6-12(11-13)14(21)20-9-3-4-10-20/h5-7,11,22H,2-4,8-10H2,1H3. The summed E-state index contributed by atoms with van der Waals surface area (Å²) in [4.78, 5) is 13.9. The van der Waals surface area contributed by atoms with E-state index in [1.165, 1.54) is 24.3 Å². The molecule has 0 bridgehead atoms. The average molecular weight is 315 g/mol. The van der Waals surface area contributed by atoms with Gasteiger partial charge in [-0.2, -0.15) is 13.2 Å². The molecule has 0 radical (unpaired) electrons. The van der Waals surface area contributed by atoms with Gasteiger partial charge >= 0.3 is 6.18 Å². The minimum Gasteiger partial charge on any atom is -0.376 e. The zero-order valence-electron chi connectivity index (χ0n) is 12.5. The summed E-state index contributed by atoms with van der Waals surface area (Å²) in [6.45, 7) is 2.83. The Morgan fingerprint density at radius 2 is 1.91 bits per heavy atom. The highest BCUT2D eigenvalue weighted by Crippen LogP contribution is 2.42. The highest BCUT2D eigenvalue weighted by Gasteiger charge is 2.54. The fraction of sp³-hybridized carbons (Fsp3) is 0.562. The monoisotopic (exact) mass is 315 g/mol. The van der Waals surface area contributed by atoms with Gasteiger partial charge in [-0.15, -0.1) is 0 Å². The van der Waals surface area contributed by atoms with Gasteiger partial charge in [-0.25, -0.2) is 0 Å². The van der Waals surface area contributed by atoms with Crippen LogP contribution in [-0.4, -0.2) is 35.2 Å². The Kier molecular flexibility index (Phi) is 4.80. The third-order valence-electron chi connectivity index (χ3n) is 4.06. The molecule has 0 aromatic heterocycles. The summed E-state index contributed by atoms with van der Waals surface area (Å²) >= 11 is 0. The molecule has 0 spiro atoms. The van der Waals surface area contributed by atoms with E-state index < -0.39 is 18.2 Å². The number of nitrogens with zero attached hydrogens (tertiary/aromatic N) is 1. The predicted octanol–water partition coefficient (Wildman–Crippen LogP) is 3.47. The molecule has 1 fully saturated rings. The second-order valence-corrected chi connectivity index (χ2v) is 5.69. The number of halogens is 3. The first-order chi connectivity index (χ1) is 10.3. The maximum absolute atomic E-state index is 13.3. The smallest absolute Gasteiger partial charge is 0.376 e. The van der Waals surface area contributed by atoms with Crippen molar-refractivity contribution in [2.24, 2.45) is 0 Å². The van der Waals surface area contributed by atoms with Crippen LogP contribution in [0.4, 0.5) is 13.2 Å². The van der Waals surface area contributed by atoms with Crippen molar-refractivity contribution >= 4 is 5.91 Å². The zero-order valence-corrected chi connectivity index (χ0v) is 12.5. The van der Waals surface area contributed by atoms with Crippen molar-refractivity contribution < 1.29 is 23.1 Å². The van der Waals surface area contributed by atoms with Gasteiger partial charge in [0, 0.05) is 18.7 Å². The second kappa shape index (κ2) is 6.28. The molecule has 1 aliphatic heterocycles. The van der Waals surface area contributed by atoms with Crippen molar-refractivity contribution in [3.8, 4) is 0 Å². The molecule has 3 nitrogen and oxygen atoms in total. The maximum Gasteiger partial charge on any atom is 0.421 e. The van der Waals surface area contributed by atoms with Gasteiger partial charge < -0.3 is 10.0 Å². The second-order valence-electron chi connectivity index (χ2n) is 5.69. The Hall–Kier alpha value is -1.56. The van der Waals surface area contributed by atoms with E-state index in [2.05, 4.69) is 0 Å². The zero-order chi connectivity index (χ0) is 16.4. The van der Waals surface area contributed by atoms with Crippen molar-refractivity contribution in [2.45, 2.75) is 44.4 Å². The molecule has 0 saturated carbocycles. The number of amides is 1. The van der Waals surface area contributed by atoms with Gasteiger partial charge in [0.05, 0.1) is 0 Å². The highest BCUT2D eigenvalue weighted by atomic mass is 19.4. The molecule has 1 N–H and O–H groups in total. The summed E-state index contributed by atoms with van der Waals surface area (Å²) in [5.41, 5.74) is -2.99. The molecule has 1 aromatic carbocycles. The number of alkyl halides is 3. The molecule has 0 aliphatic carbocycles. The van der Waals surface area contributed by atoms with Gasteiger partial charge in [-0.1, -0.05) is 25.5 Å². The molecule has 1 unspecified atom stereocenters.